The van der Waals surface area contributed by atoms with Crippen LogP contribution in [0.4, 0.5) is 0 Å². The molecular formula is C28H24BrIN2O7. The van der Waals surface area contributed by atoms with Crippen molar-refractivity contribution in [2.45, 2.75) is 26.7 Å². The normalized spacial score (nSPS) is 10.5. The molecule has 9 nitrogen and oxygen atoms in total. The van der Waals surface area contributed by atoms with E-state index in [0.717, 1.165) is 19.2 Å². The molecule has 0 amide bonds. The second-order valence-electron chi connectivity index (χ2n) is 8.27. The lowest BCUT2D eigenvalue weighted by Gasteiger charge is -2.12. The summed E-state index contributed by atoms with van der Waals surface area (Å²) in [4.78, 5) is 50.8. The number of aromatic hydroxyl groups is 1. The van der Waals surface area contributed by atoms with Crippen LogP contribution in [0.25, 0.3) is 22.5 Å². The minimum Gasteiger partial charge on any atom is -0.506 e. The first kappa shape index (κ1) is 29.8. The highest BCUT2D eigenvalue weighted by Gasteiger charge is 2.21. The van der Waals surface area contributed by atoms with Crippen LogP contribution in [0.15, 0.2) is 68.7 Å². The Labute approximate surface area is 244 Å². The van der Waals surface area contributed by atoms with Crippen molar-refractivity contribution >= 4 is 50.5 Å². The maximum absolute atomic E-state index is 11.8. The molecule has 39 heavy (non-hydrogen) atoms. The average Bonchev–Trinajstić information content (AvgIpc) is 2.89. The molecular weight excluding hydrogens is 683 g/mol. The molecule has 5 N–H and O–H groups in total. The van der Waals surface area contributed by atoms with Crippen LogP contribution < -0.4 is 11.1 Å². The number of carboxylic acids is 2. The van der Waals surface area contributed by atoms with Crippen molar-refractivity contribution in [2.24, 2.45) is 0 Å². The number of aromatic carboxylic acids is 2. The molecule has 2 aromatic carbocycles. The smallest absolute Gasteiger partial charge is 0.345 e. The lowest BCUT2D eigenvalue weighted by Crippen LogP contribution is -2.20. The van der Waals surface area contributed by atoms with Crippen molar-refractivity contribution in [1.82, 2.24) is 9.97 Å². The summed E-state index contributed by atoms with van der Waals surface area (Å²) >= 11 is 5.52. The fourth-order valence-electron chi connectivity index (χ4n) is 3.92. The van der Waals surface area contributed by atoms with Crippen molar-refractivity contribution in [3.63, 3.8) is 0 Å². The maximum atomic E-state index is 11.8. The number of benzene rings is 2. The number of aryl methyl sites for hydroxylation is 1. The highest BCUT2D eigenvalue weighted by Crippen LogP contribution is 2.30. The van der Waals surface area contributed by atoms with E-state index < -0.39 is 34.4 Å². The second kappa shape index (κ2) is 12.9. The molecule has 4 rings (SSSR count). The SMILES string of the molecule is CCc1c(-c2ccc(Br)cc2)[nH]c(=O)c(C(=O)O)c1O.CCc1cc(C(=O)O)c(=O)[nH]c1-c1ccc(I)cc1. The minimum absolute atomic E-state index is 0.217. The van der Waals surface area contributed by atoms with Crippen molar-refractivity contribution in [1.29, 1.82) is 0 Å². The highest BCUT2D eigenvalue weighted by molar-refractivity contribution is 14.1. The Kier molecular flexibility index (Phi) is 9.86. The standard InChI is InChI=1S/C14H12BrNO4.C14H12INO3/c1-2-9-11(7-3-5-8(15)6-4-7)16-13(18)10(12(9)17)14(19)20;1-2-8-7-11(14(18)19)13(17)16-12(8)9-3-5-10(15)6-4-9/h3-6H,2H2,1H3,(H,19,20)(H2,16,17,18);3-7H,2H2,1H3,(H,16,17)(H,18,19). The maximum Gasteiger partial charge on any atom is 0.345 e. The van der Waals surface area contributed by atoms with Gasteiger partial charge in [0, 0.05) is 13.6 Å². The van der Waals surface area contributed by atoms with E-state index in [1.54, 1.807) is 31.2 Å². The van der Waals surface area contributed by atoms with Crippen molar-refractivity contribution in [2.75, 3.05) is 0 Å². The summed E-state index contributed by atoms with van der Waals surface area (Å²) in [5.74, 6) is -3.12. The molecule has 0 fully saturated rings. The molecule has 0 radical (unpaired) electrons. The first-order chi connectivity index (χ1) is 18.5. The number of carbonyl (C=O) groups is 2. The number of pyridine rings is 2. The largest absolute Gasteiger partial charge is 0.506 e. The fourth-order valence-corrected chi connectivity index (χ4v) is 4.54. The topological polar surface area (TPSA) is 161 Å². The zero-order chi connectivity index (χ0) is 28.9. The Balaban J connectivity index is 0.000000216. The van der Waals surface area contributed by atoms with E-state index >= 15 is 0 Å². The van der Waals surface area contributed by atoms with E-state index in [4.69, 9.17) is 10.2 Å². The summed E-state index contributed by atoms with van der Waals surface area (Å²) < 4.78 is 1.98. The van der Waals surface area contributed by atoms with Crippen LogP contribution in [0.5, 0.6) is 5.75 Å². The number of rotatable bonds is 6. The molecule has 0 aliphatic carbocycles. The number of aromatic nitrogens is 2. The van der Waals surface area contributed by atoms with Crippen LogP contribution in [-0.4, -0.2) is 37.2 Å². The van der Waals surface area contributed by atoms with Gasteiger partial charge in [0.05, 0.1) is 11.4 Å². The van der Waals surface area contributed by atoms with Crippen LogP contribution in [0.1, 0.15) is 45.7 Å². The molecule has 4 aromatic rings. The fraction of sp³-hybridized carbons (Fsp3) is 0.143. The van der Waals surface area contributed by atoms with Crippen LogP contribution in [-0.2, 0) is 12.8 Å². The van der Waals surface area contributed by atoms with E-state index in [9.17, 15) is 24.3 Å². The summed E-state index contributed by atoms with van der Waals surface area (Å²) in [5.41, 5.74) is 1.71. The van der Waals surface area contributed by atoms with E-state index in [0.29, 0.717) is 35.4 Å². The molecule has 2 aromatic heterocycles. The van der Waals surface area contributed by atoms with Gasteiger partial charge in [0.15, 0.2) is 5.56 Å². The van der Waals surface area contributed by atoms with Gasteiger partial charge in [-0.25, -0.2) is 9.59 Å². The Hall–Kier alpha value is -3.71. The number of aromatic amines is 2. The van der Waals surface area contributed by atoms with E-state index in [1.165, 1.54) is 6.07 Å². The second-order valence-corrected chi connectivity index (χ2v) is 10.4. The Morgan fingerprint density at radius 2 is 1.36 bits per heavy atom. The molecule has 0 aliphatic rings. The Morgan fingerprint density at radius 3 is 1.87 bits per heavy atom. The van der Waals surface area contributed by atoms with Crippen molar-refractivity contribution in [3.05, 3.63) is 106 Å². The van der Waals surface area contributed by atoms with Gasteiger partial charge >= 0.3 is 11.9 Å². The molecule has 0 bridgehead atoms. The van der Waals surface area contributed by atoms with Gasteiger partial charge in [0.25, 0.3) is 11.1 Å². The zero-order valence-corrected chi connectivity index (χ0v) is 24.6. The zero-order valence-electron chi connectivity index (χ0n) is 20.8. The van der Waals surface area contributed by atoms with Crippen LogP contribution in [0, 0.1) is 3.57 Å². The van der Waals surface area contributed by atoms with Crippen LogP contribution >= 0.6 is 38.5 Å². The Morgan fingerprint density at radius 1 is 0.821 bits per heavy atom. The molecule has 11 heteroatoms. The number of hydrogen-bond donors (Lipinski definition) is 5. The first-order valence-electron chi connectivity index (χ1n) is 11.7. The average molecular weight is 707 g/mol. The van der Waals surface area contributed by atoms with Crippen molar-refractivity contribution in [3.8, 4) is 28.3 Å². The third kappa shape index (κ3) is 6.84. The van der Waals surface area contributed by atoms with Crippen LogP contribution in [0.2, 0.25) is 0 Å². The molecule has 0 aliphatic heterocycles. The Bertz CT molecular complexity index is 1640. The third-order valence-corrected chi connectivity index (χ3v) is 7.11. The number of carboxylic acid groups (broad SMARTS) is 2. The summed E-state index contributed by atoms with van der Waals surface area (Å²) in [6.45, 7) is 3.71. The third-order valence-electron chi connectivity index (χ3n) is 5.86. The minimum atomic E-state index is -1.44. The number of H-pyrrole nitrogens is 2. The lowest BCUT2D eigenvalue weighted by atomic mass is 10.0. The summed E-state index contributed by atoms with van der Waals surface area (Å²) in [6.07, 6.45) is 1.05. The van der Waals surface area contributed by atoms with E-state index in [2.05, 4.69) is 48.5 Å². The quantitative estimate of drug-likeness (QED) is 0.161. The van der Waals surface area contributed by atoms with Gasteiger partial charge in [-0.1, -0.05) is 54.0 Å². The lowest BCUT2D eigenvalue weighted by molar-refractivity contribution is 0.0682. The first-order valence-corrected chi connectivity index (χ1v) is 13.6. The number of nitrogens with one attached hydrogen (secondary N) is 2. The predicted octanol–water partition coefficient (Wildman–Crippen LogP) is 5.68. The van der Waals surface area contributed by atoms with Gasteiger partial charge in [-0.2, -0.15) is 0 Å². The van der Waals surface area contributed by atoms with Gasteiger partial charge in [-0.05, 0) is 82.5 Å². The molecule has 0 spiro atoms. The summed E-state index contributed by atoms with van der Waals surface area (Å²) in [6, 6.07) is 16.3. The summed E-state index contributed by atoms with van der Waals surface area (Å²) in [7, 11) is 0. The highest BCUT2D eigenvalue weighted by atomic mass is 127. The molecule has 2 heterocycles. The van der Waals surface area contributed by atoms with Gasteiger partial charge in [-0.15, -0.1) is 0 Å². The number of halogens is 2. The van der Waals surface area contributed by atoms with Gasteiger partial charge in [0.1, 0.15) is 11.3 Å². The predicted molar refractivity (Wildman–Crippen MR) is 160 cm³/mol. The van der Waals surface area contributed by atoms with Gasteiger partial charge < -0.3 is 25.3 Å². The molecule has 202 valence electrons. The van der Waals surface area contributed by atoms with E-state index in [-0.39, 0.29) is 5.56 Å². The summed E-state index contributed by atoms with van der Waals surface area (Å²) in [5, 5.41) is 28.0. The molecule has 0 atom stereocenters. The van der Waals surface area contributed by atoms with Crippen LogP contribution in [0.3, 0.4) is 0 Å². The van der Waals surface area contributed by atoms with Gasteiger partial charge in [-0.3, -0.25) is 9.59 Å². The van der Waals surface area contributed by atoms with E-state index in [1.807, 2.05) is 31.2 Å². The molecule has 0 saturated heterocycles. The molecule has 0 unspecified atom stereocenters. The monoisotopic (exact) mass is 706 g/mol. The number of hydrogen-bond acceptors (Lipinski definition) is 5. The van der Waals surface area contributed by atoms with Gasteiger partial charge in [0.2, 0.25) is 0 Å². The van der Waals surface area contributed by atoms with Crippen molar-refractivity contribution < 1.29 is 24.9 Å². The molecule has 0 saturated carbocycles.